The Balaban J connectivity index is 3.62. The van der Waals surface area contributed by atoms with Gasteiger partial charge < -0.3 is 5.32 Å². The monoisotopic (exact) mass is 141 g/mol. The van der Waals surface area contributed by atoms with Gasteiger partial charge in [0.15, 0.2) is 0 Å². The zero-order chi connectivity index (χ0) is 8.04. The van der Waals surface area contributed by atoms with Crippen molar-refractivity contribution >= 4 is 0 Å². The molecule has 0 aromatic rings. The number of hydrogen-bond donors (Lipinski definition) is 1. The summed E-state index contributed by atoms with van der Waals surface area (Å²) < 4.78 is 0. The van der Waals surface area contributed by atoms with E-state index in [0.717, 1.165) is 13.0 Å². The average molecular weight is 141 g/mol. The van der Waals surface area contributed by atoms with E-state index in [1.807, 2.05) is 7.05 Å². The Hall–Kier alpha value is -0.300. The van der Waals surface area contributed by atoms with Gasteiger partial charge in [-0.2, -0.15) is 0 Å². The Morgan fingerprint density at radius 2 is 2.00 bits per heavy atom. The van der Waals surface area contributed by atoms with Crippen LogP contribution in [0.4, 0.5) is 0 Å². The van der Waals surface area contributed by atoms with E-state index in [9.17, 15) is 0 Å². The summed E-state index contributed by atoms with van der Waals surface area (Å²) in [4.78, 5) is 0. The van der Waals surface area contributed by atoms with Crippen LogP contribution in [0.15, 0.2) is 12.2 Å². The molecule has 60 valence electrons. The predicted octanol–water partition coefficient (Wildman–Crippen LogP) is 2.20. The minimum atomic E-state index is 0.404. The molecule has 0 aromatic heterocycles. The molecule has 0 bridgehead atoms. The summed E-state index contributed by atoms with van der Waals surface area (Å²) in [6.07, 6.45) is 5.49. The standard InChI is InChI=1S/C9H19N/c1-5-6-7-9(2,3)8-10-4/h5-6,10H,7-8H2,1-4H3/b6-5+. The second-order valence-corrected chi connectivity index (χ2v) is 3.47. The SMILES string of the molecule is C/C=C/CC(C)(C)CNC. The number of nitrogens with one attached hydrogen (secondary N) is 1. The third kappa shape index (κ3) is 4.57. The zero-order valence-electron chi connectivity index (χ0n) is 7.57. The lowest BCUT2D eigenvalue weighted by molar-refractivity contribution is 0.357. The molecule has 0 spiro atoms. The molecule has 0 saturated heterocycles. The predicted molar refractivity (Wildman–Crippen MR) is 47.1 cm³/mol. The molecule has 0 aliphatic heterocycles. The second kappa shape index (κ2) is 4.51. The highest BCUT2D eigenvalue weighted by molar-refractivity contribution is 4.85. The Labute approximate surface area is 64.5 Å². The van der Waals surface area contributed by atoms with Crippen molar-refractivity contribution in [1.29, 1.82) is 0 Å². The van der Waals surface area contributed by atoms with Crippen molar-refractivity contribution in [2.45, 2.75) is 27.2 Å². The molecular weight excluding hydrogens is 122 g/mol. The van der Waals surface area contributed by atoms with Gasteiger partial charge in [0, 0.05) is 6.54 Å². The quantitative estimate of drug-likeness (QED) is 0.592. The first-order chi connectivity index (χ1) is 4.62. The molecule has 0 aromatic carbocycles. The van der Waals surface area contributed by atoms with Crippen LogP contribution in [0.5, 0.6) is 0 Å². The lowest BCUT2D eigenvalue weighted by atomic mass is 9.89. The van der Waals surface area contributed by atoms with E-state index in [1.165, 1.54) is 0 Å². The minimum absolute atomic E-state index is 0.404. The fourth-order valence-corrected chi connectivity index (χ4v) is 0.988. The van der Waals surface area contributed by atoms with Crippen LogP contribution in [0.1, 0.15) is 27.2 Å². The first-order valence-electron chi connectivity index (χ1n) is 3.88. The smallest absolute Gasteiger partial charge is 0.000248 e. The molecular formula is C9H19N. The molecule has 0 rings (SSSR count). The molecule has 0 saturated carbocycles. The molecule has 1 N–H and O–H groups in total. The van der Waals surface area contributed by atoms with Crippen LogP contribution in [0, 0.1) is 5.41 Å². The summed E-state index contributed by atoms with van der Waals surface area (Å²) in [5.41, 5.74) is 0.404. The first kappa shape index (κ1) is 9.70. The van der Waals surface area contributed by atoms with Crippen LogP contribution >= 0.6 is 0 Å². The molecule has 0 aliphatic carbocycles. The summed E-state index contributed by atoms with van der Waals surface area (Å²) in [5, 5.41) is 3.18. The van der Waals surface area contributed by atoms with Crippen LogP contribution in [0.25, 0.3) is 0 Å². The highest BCUT2D eigenvalue weighted by Crippen LogP contribution is 2.18. The largest absolute Gasteiger partial charge is 0.319 e. The summed E-state index contributed by atoms with van der Waals surface area (Å²) in [7, 11) is 2.00. The summed E-state index contributed by atoms with van der Waals surface area (Å²) in [6.45, 7) is 7.68. The van der Waals surface area contributed by atoms with Gasteiger partial charge in [-0.05, 0) is 25.8 Å². The lowest BCUT2D eigenvalue weighted by Gasteiger charge is -2.21. The van der Waals surface area contributed by atoms with Gasteiger partial charge >= 0.3 is 0 Å². The van der Waals surface area contributed by atoms with Gasteiger partial charge in [0.2, 0.25) is 0 Å². The fourth-order valence-electron chi connectivity index (χ4n) is 0.988. The van der Waals surface area contributed by atoms with Crippen molar-refractivity contribution in [3.05, 3.63) is 12.2 Å². The maximum absolute atomic E-state index is 3.18. The number of allylic oxidation sites excluding steroid dienone is 2. The third-order valence-corrected chi connectivity index (χ3v) is 1.56. The normalized spacial score (nSPS) is 12.8. The van der Waals surface area contributed by atoms with E-state index in [-0.39, 0.29) is 0 Å². The number of rotatable bonds is 4. The molecule has 0 heterocycles. The van der Waals surface area contributed by atoms with Gasteiger partial charge in [-0.1, -0.05) is 26.0 Å². The molecule has 0 atom stereocenters. The molecule has 1 nitrogen and oxygen atoms in total. The molecule has 0 aliphatic rings. The first-order valence-corrected chi connectivity index (χ1v) is 3.88. The molecule has 10 heavy (non-hydrogen) atoms. The summed E-state index contributed by atoms with van der Waals surface area (Å²) >= 11 is 0. The van der Waals surface area contributed by atoms with Crippen LogP contribution in [-0.2, 0) is 0 Å². The Morgan fingerprint density at radius 1 is 1.40 bits per heavy atom. The van der Waals surface area contributed by atoms with Crippen LogP contribution in [-0.4, -0.2) is 13.6 Å². The van der Waals surface area contributed by atoms with E-state index in [2.05, 4.69) is 38.2 Å². The van der Waals surface area contributed by atoms with Gasteiger partial charge in [-0.15, -0.1) is 0 Å². The Kier molecular flexibility index (Phi) is 4.37. The van der Waals surface area contributed by atoms with E-state index in [1.54, 1.807) is 0 Å². The maximum Gasteiger partial charge on any atom is 0.000248 e. The van der Waals surface area contributed by atoms with Gasteiger partial charge in [-0.3, -0.25) is 0 Å². The fraction of sp³-hybridized carbons (Fsp3) is 0.778. The topological polar surface area (TPSA) is 12.0 Å². The van der Waals surface area contributed by atoms with Gasteiger partial charge in [0.25, 0.3) is 0 Å². The van der Waals surface area contributed by atoms with Crippen molar-refractivity contribution in [1.82, 2.24) is 5.32 Å². The van der Waals surface area contributed by atoms with Crippen LogP contribution in [0.3, 0.4) is 0 Å². The minimum Gasteiger partial charge on any atom is -0.319 e. The van der Waals surface area contributed by atoms with Crippen LogP contribution in [0.2, 0.25) is 0 Å². The van der Waals surface area contributed by atoms with Crippen molar-refractivity contribution < 1.29 is 0 Å². The Bertz CT molecular complexity index is 103. The lowest BCUT2D eigenvalue weighted by Crippen LogP contribution is -2.25. The van der Waals surface area contributed by atoms with Crippen molar-refractivity contribution in [2.24, 2.45) is 5.41 Å². The third-order valence-electron chi connectivity index (χ3n) is 1.56. The van der Waals surface area contributed by atoms with Crippen molar-refractivity contribution in [2.75, 3.05) is 13.6 Å². The highest BCUT2D eigenvalue weighted by atomic mass is 14.8. The second-order valence-electron chi connectivity index (χ2n) is 3.47. The van der Waals surface area contributed by atoms with E-state index in [4.69, 9.17) is 0 Å². The van der Waals surface area contributed by atoms with Gasteiger partial charge in [0.1, 0.15) is 0 Å². The maximum atomic E-state index is 3.18. The summed E-state index contributed by atoms with van der Waals surface area (Å²) in [6, 6.07) is 0. The Morgan fingerprint density at radius 3 is 2.40 bits per heavy atom. The van der Waals surface area contributed by atoms with E-state index >= 15 is 0 Å². The number of hydrogen-bond acceptors (Lipinski definition) is 1. The average Bonchev–Trinajstić information content (AvgIpc) is 1.84. The molecule has 0 radical (unpaired) electrons. The van der Waals surface area contributed by atoms with Gasteiger partial charge in [-0.25, -0.2) is 0 Å². The van der Waals surface area contributed by atoms with E-state index < -0.39 is 0 Å². The van der Waals surface area contributed by atoms with Gasteiger partial charge in [0.05, 0.1) is 0 Å². The van der Waals surface area contributed by atoms with E-state index in [0.29, 0.717) is 5.41 Å². The molecule has 1 heteroatoms. The van der Waals surface area contributed by atoms with Crippen LogP contribution < -0.4 is 5.32 Å². The summed E-state index contributed by atoms with van der Waals surface area (Å²) in [5.74, 6) is 0. The highest BCUT2D eigenvalue weighted by Gasteiger charge is 2.13. The molecule has 0 fully saturated rings. The molecule has 0 amide bonds. The van der Waals surface area contributed by atoms with Crippen molar-refractivity contribution in [3.63, 3.8) is 0 Å². The van der Waals surface area contributed by atoms with Crippen molar-refractivity contribution in [3.8, 4) is 0 Å². The molecule has 0 unspecified atom stereocenters. The zero-order valence-corrected chi connectivity index (χ0v) is 7.57.